The first-order chi connectivity index (χ1) is 13.5. The molecule has 3 rings (SSSR count). The maximum Gasteiger partial charge on any atom is 0.337 e. The lowest BCUT2D eigenvalue weighted by Crippen LogP contribution is -2.22. The third-order valence-electron chi connectivity index (χ3n) is 3.88. The number of nitrogens with one attached hydrogen (secondary N) is 1. The maximum absolute atomic E-state index is 12.3. The Kier molecular flexibility index (Phi) is 6.01. The van der Waals surface area contributed by atoms with Crippen molar-refractivity contribution in [1.82, 2.24) is 15.5 Å². The number of ether oxygens (including phenoxy) is 2. The summed E-state index contributed by atoms with van der Waals surface area (Å²) in [6.45, 7) is 2.23. The number of carbonyl (C=O) groups excluding carboxylic acids is 2. The Bertz CT molecular complexity index is 949. The quantitative estimate of drug-likeness (QED) is 0.628. The summed E-state index contributed by atoms with van der Waals surface area (Å²) in [6.07, 6.45) is 0. The monoisotopic (exact) mass is 381 g/mol. The van der Waals surface area contributed by atoms with Crippen LogP contribution in [-0.2, 0) is 17.9 Å². The smallest absolute Gasteiger partial charge is 0.337 e. The number of amides is 1. The van der Waals surface area contributed by atoms with Gasteiger partial charge in [-0.1, -0.05) is 17.3 Å². The van der Waals surface area contributed by atoms with Crippen LogP contribution in [0.25, 0.3) is 0 Å². The molecule has 2 aromatic carbocycles. The van der Waals surface area contributed by atoms with E-state index in [0.717, 1.165) is 5.56 Å². The van der Waals surface area contributed by atoms with Gasteiger partial charge in [0.1, 0.15) is 5.75 Å². The van der Waals surface area contributed by atoms with Crippen molar-refractivity contribution in [3.8, 4) is 5.75 Å². The minimum atomic E-state index is -0.396. The third kappa shape index (κ3) is 4.94. The van der Waals surface area contributed by atoms with Crippen LogP contribution in [0.5, 0.6) is 5.75 Å². The number of esters is 1. The molecular weight excluding hydrogens is 362 g/mol. The molecule has 3 aromatic rings. The largest absolute Gasteiger partial charge is 0.485 e. The van der Waals surface area contributed by atoms with Crippen molar-refractivity contribution < 1.29 is 23.6 Å². The predicted molar refractivity (Wildman–Crippen MR) is 98.8 cm³/mol. The molecule has 0 saturated heterocycles. The number of hydrogen-bond donors (Lipinski definition) is 1. The number of carbonyl (C=O) groups is 2. The second-order valence-electron chi connectivity index (χ2n) is 5.91. The summed E-state index contributed by atoms with van der Waals surface area (Å²) in [6, 6.07) is 13.6. The Hall–Kier alpha value is -3.68. The molecule has 1 N–H and O–H groups in total. The SMILES string of the molecule is COC(=O)c1ccc(CNC(=O)c2ccc(OCc3noc(C)n3)cc2)cc1. The molecule has 1 amide bonds. The van der Waals surface area contributed by atoms with Crippen molar-refractivity contribution in [3.05, 3.63) is 76.9 Å². The molecule has 0 unspecified atom stereocenters. The molecule has 28 heavy (non-hydrogen) atoms. The summed E-state index contributed by atoms with van der Waals surface area (Å²) in [5.41, 5.74) is 1.84. The van der Waals surface area contributed by atoms with Crippen LogP contribution in [0.15, 0.2) is 53.1 Å². The van der Waals surface area contributed by atoms with E-state index in [0.29, 0.717) is 35.1 Å². The highest BCUT2D eigenvalue weighted by molar-refractivity contribution is 5.94. The molecule has 0 atom stereocenters. The highest BCUT2D eigenvalue weighted by atomic mass is 16.5. The first-order valence-electron chi connectivity index (χ1n) is 8.52. The summed E-state index contributed by atoms with van der Waals surface area (Å²) >= 11 is 0. The van der Waals surface area contributed by atoms with Crippen LogP contribution < -0.4 is 10.1 Å². The average Bonchev–Trinajstić information content (AvgIpc) is 3.16. The van der Waals surface area contributed by atoms with E-state index in [2.05, 4.69) is 20.2 Å². The molecule has 0 spiro atoms. The van der Waals surface area contributed by atoms with Crippen LogP contribution in [-0.4, -0.2) is 29.1 Å². The predicted octanol–water partition coefficient (Wildman–Crippen LogP) is 2.67. The first-order valence-corrected chi connectivity index (χ1v) is 8.52. The summed E-state index contributed by atoms with van der Waals surface area (Å²) in [7, 11) is 1.33. The van der Waals surface area contributed by atoms with Crippen molar-refractivity contribution >= 4 is 11.9 Å². The Labute approximate surface area is 161 Å². The lowest BCUT2D eigenvalue weighted by molar-refractivity contribution is 0.0600. The molecule has 144 valence electrons. The van der Waals surface area contributed by atoms with Gasteiger partial charge >= 0.3 is 5.97 Å². The van der Waals surface area contributed by atoms with Crippen molar-refractivity contribution in [2.75, 3.05) is 7.11 Å². The zero-order valence-electron chi connectivity index (χ0n) is 15.5. The van der Waals surface area contributed by atoms with Crippen LogP contribution in [0, 0.1) is 6.92 Å². The number of nitrogens with zero attached hydrogens (tertiary/aromatic N) is 2. The number of benzene rings is 2. The number of rotatable bonds is 7. The van der Waals surface area contributed by atoms with Crippen LogP contribution in [0.3, 0.4) is 0 Å². The number of aryl methyl sites for hydroxylation is 1. The van der Waals surface area contributed by atoms with E-state index in [4.69, 9.17) is 9.26 Å². The number of hydrogen-bond acceptors (Lipinski definition) is 7. The van der Waals surface area contributed by atoms with Crippen LogP contribution >= 0.6 is 0 Å². The Balaban J connectivity index is 1.50. The van der Waals surface area contributed by atoms with Gasteiger partial charge in [0.2, 0.25) is 11.7 Å². The van der Waals surface area contributed by atoms with E-state index in [9.17, 15) is 9.59 Å². The van der Waals surface area contributed by atoms with Gasteiger partial charge in [0.25, 0.3) is 5.91 Å². The lowest BCUT2D eigenvalue weighted by atomic mass is 10.1. The molecule has 0 bridgehead atoms. The molecule has 0 saturated carbocycles. The van der Waals surface area contributed by atoms with E-state index in [1.807, 2.05) is 0 Å². The molecular formula is C20H19N3O5. The van der Waals surface area contributed by atoms with Crippen molar-refractivity contribution in [2.45, 2.75) is 20.1 Å². The molecule has 1 aromatic heterocycles. The van der Waals surface area contributed by atoms with Crippen molar-refractivity contribution in [3.63, 3.8) is 0 Å². The van der Waals surface area contributed by atoms with E-state index in [1.165, 1.54) is 7.11 Å². The molecule has 0 aliphatic heterocycles. The number of aromatic nitrogens is 2. The summed E-state index contributed by atoms with van der Waals surface area (Å²) in [4.78, 5) is 27.7. The molecule has 0 fully saturated rings. The normalized spacial score (nSPS) is 10.4. The summed E-state index contributed by atoms with van der Waals surface area (Å²) in [5.74, 6) is 0.922. The molecule has 0 radical (unpaired) electrons. The standard InChI is InChI=1S/C20H19N3O5/c1-13-22-18(23-28-13)12-27-17-9-7-15(8-10-17)19(24)21-11-14-3-5-16(6-4-14)20(25)26-2/h3-10H,11-12H2,1-2H3,(H,21,24). The molecule has 1 heterocycles. The topological polar surface area (TPSA) is 104 Å². The summed E-state index contributed by atoms with van der Waals surface area (Å²) < 4.78 is 15.1. The minimum Gasteiger partial charge on any atom is -0.485 e. The third-order valence-corrected chi connectivity index (χ3v) is 3.88. The van der Waals surface area contributed by atoms with Gasteiger partial charge in [-0.05, 0) is 42.0 Å². The van der Waals surface area contributed by atoms with Gasteiger partial charge < -0.3 is 19.3 Å². The Morgan fingerprint density at radius 1 is 1.04 bits per heavy atom. The highest BCUT2D eigenvalue weighted by Gasteiger charge is 2.08. The fourth-order valence-electron chi connectivity index (χ4n) is 2.41. The molecule has 8 nitrogen and oxygen atoms in total. The Morgan fingerprint density at radius 2 is 1.71 bits per heavy atom. The fraction of sp³-hybridized carbons (Fsp3) is 0.200. The number of methoxy groups -OCH3 is 1. The zero-order chi connectivity index (χ0) is 19.9. The lowest BCUT2D eigenvalue weighted by Gasteiger charge is -2.08. The van der Waals surface area contributed by atoms with Crippen molar-refractivity contribution in [1.29, 1.82) is 0 Å². The summed E-state index contributed by atoms with van der Waals surface area (Å²) in [5, 5.41) is 6.58. The van der Waals surface area contributed by atoms with Gasteiger partial charge in [-0.15, -0.1) is 0 Å². The van der Waals surface area contributed by atoms with Gasteiger partial charge in [0.05, 0.1) is 12.7 Å². The van der Waals surface area contributed by atoms with E-state index in [1.54, 1.807) is 55.5 Å². The molecule has 0 aliphatic carbocycles. The highest BCUT2D eigenvalue weighted by Crippen LogP contribution is 2.14. The van der Waals surface area contributed by atoms with Crippen LogP contribution in [0.4, 0.5) is 0 Å². The van der Waals surface area contributed by atoms with Gasteiger partial charge in [-0.3, -0.25) is 4.79 Å². The molecule has 0 aliphatic rings. The Morgan fingerprint density at radius 3 is 2.32 bits per heavy atom. The maximum atomic E-state index is 12.3. The minimum absolute atomic E-state index is 0.185. The zero-order valence-corrected chi connectivity index (χ0v) is 15.5. The van der Waals surface area contributed by atoms with E-state index >= 15 is 0 Å². The van der Waals surface area contributed by atoms with Crippen molar-refractivity contribution in [2.24, 2.45) is 0 Å². The van der Waals surface area contributed by atoms with Crippen LogP contribution in [0.1, 0.15) is 38.0 Å². The van der Waals surface area contributed by atoms with Gasteiger partial charge in [-0.25, -0.2) is 4.79 Å². The second-order valence-corrected chi connectivity index (χ2v) is 5.91. The fourth-order valence-corrected chi connectivity index (χ4v) is 2.41. The van der Waals surface area contributed by atoms with E-state index < -0.39 is 5.97 Å². The average molecular weight is 381 g/mol. The second kappa shape index (κ2) is 8.81. The van der Waals surface area contributed by atoms with E-state index in [-0.39, 0.29) is 12.5 Å². The van der Waals surface area contributed by atoms with Crippen LogP contribution in [0.2, 0.25) is 0 Å². The molecule has 8 heteroatoms. The first kappa shape index (κ1) is 19.1. The van der Waals surface area contributed by atoms with Gasteiger partial charge in [0.15, 0.2) is 6.61 Å². The van der Waals surface area contributed by atoms with Gasteiger partial charge in [-0.2, -0.15) is 4.98 Å². The van der Waals surface area contributed by atoms with Gasteiger partial charge in [0, 0.05) is 19.0 Å².